The van der Waals surface area contributed by atoms with Crippen molar-refractivity contribution in [3.63, 3.8) is 0 Å². The maximum atomic E-state index is 5.87. The zero-order chi connectivity index (χ0) is 10.8. The van der Waals surface area contributed by atoms with E-state index in [0.717, 1.165) is 26.1 Å². The Hall–Kier alpha value is -0.870. The Morgan fingerprint density at radius 2 is 2.40 bits per heavy atom. The van der Waals surface area contributed by atoms with E-state index >= 15 is 0 Å². The van der Waals surface area contributed by atoms with Gasteiger partial charge in [0.25, 0.3) is 0 Å². The predicted octanol–water partition coefficient (Wildman–Crippen LogP) is 0.997. The van der Waals surface area contributed by atoms with E-state index in [4.69, 9.17) is 5.73 Å². The van der Waals surface area contributed by atoms with Gasteiger partial charge in [0.2, 0.25) is 0 Å². The zero-order valence-corrected chi connectivity index (χ0v) is 9.56. The van der Waals surface area contributed by atoms with Crippen molar-refractivity contribution in [2.45, 2.75) is 38.9 Å². The molecule has 0 aromatic carbocycles. The first-order valence-electron chi connectivity index (χ1n) is 5.66. The van der Waals surface area contributed by atoms with Crippen molar-refractivity contribution in [1.29, 1.82) is 0 Å². The second-order valence-electron chi connectivity index (χ2n) is 4.71. The van der Waals surface area contributed by atoms with Gasteiger partial charge in [-0.3, -0.25) is 9.58 Å². The smallest absolute Gasteiger partial charge is 0.0534 e. The summed E-state index contributed by atoms with van der Waals surface area (Å²) in [5.41, 5.74) is 7.16. The molecule has 1 aromatic heterocycles. The number of hydrogen-bond donors (Lipinski definition) is 1. The van der Waals surface area contributed by atoms with Gasteiger partial charge in [0.1, 0.15) is 0 Å². The molecule has 0 bridgehead atoms. The first-order chi connectivity index (χ1) is 7.15. The summed E-state index contributed by atoms with van der Waals surface area (Å²) in [5, 5.41) is 4.34. The van der Waals surface area contributed by atoms with Gasteiger partial charge >= 0.3 is 0 Å². The lowest BCUT2D eigenvalue weighted by Crippen LogP contribution is -2.26. The van der Waals surface area contributed by atoms with Gasteiger partial charge in [-0.25, -0.2) is 0 Å². The number of nitrogens with two attached hydrogens (primary N) is 1. The third-order valence-corrected chi connectivity index (χ3v) is 2.90. The first kappa shape index (κ1) is 10.6. The van der Waals surface area contributed by atoms with Crippen LogP contribution in [0.1, 0.15) is 31.9 Å². The quantitative estimate of drug-likeness (QED) is 0.806. The van der Waals surface area contributed by atoms with Crippen LogP contribution in [-0.4, -0.2) is 33.8 Å². The summed E-state index contributed by atoms with van der Waals surface area (Å²) >= 11 is 0. The van der Waals surface area contributed by atoms with E-state index in [9.17, 15) is 0 Å². The Bertz CT molecular complexity index is 318. The molecule has 0 aliphatic carbocycles. The van der Waals surface area contributed by atoms with Crippen LogP contribution in [0.3, 0.4) is 0 Å². The number of hydrogen-bond acceptors (Lipinski definition) is 3. The molecule has 84 valence electrons. The number of aromatic nitrogens is 2. The highest BCUT2D eigenvalue weighted by atomic mass is 15.3. The van der Waals surface area contributed by atoms with Crippen LogP contribution < -0.4 is 5.73 Å². The third-order valence-electron chi connectivity index (χ3n) is 2.90. The van der Waals surface area contributed by atoms with Gasteiger partial charge in [0, 0.05) is 43.5 Å². The Kier molecular flexibility index (Phi) is 3.07. The van der Waals surface area contributed by atoms with Crippen molar-refractivity contribution < 1.29 is 0 Å². The molecule has 2 heterocycles. The second-order valence-corrected chi connectivity index (χ2v) is 4.71. The Balaban J connectivity index is 1.93. The van der Waals surface area contributed by atoms with E-state index in [1.807, 2.05) is 10.9 Å². The monoisotopic (exact) mass is 208 g/mol. The van der Waals surface area contributed by atoms with Crippen LogP contribution in [0.2, 0.25) is 0 Å². The fourth-order valence-electron chi connectivity index (χ4n) is 2.01. The fourth-order valence-corrected chi connectivity index (χ4v) is 2.01. The van der Waals surface area contributed by atoms with Gasteiger partial charge in [-0.1, -0.05) is 0 Å². The Labute approximate surface area is 91.1 Å². The fraction of sp³-hybridized carbons (Fsp3) is 0.727. The standard InChI is InChI=1S/C11H20N4/c1-9(2)15-7-10(5-13-15)6-14-4-3-11(12)8-14/h5,7,9,11H,3-4,6,8,12H2,1-2H3/t11-/m0/s1. The number of likely N-dealkylation sites (tertiary alicyclic amines) is 1. The SMILES string of the molecule is CC(C)n1cc(CN2CC[C@H](N)C2)cn1. The maximum absolute atomic E-state index is 5.87. The lowest BCUT2D eigenvalue weighted by molar-refractivity contribution is 0.326. The van der Waals surface area contributed by atoms with Crippen LogP contribution in [0.25, 0.3) is 0 Å². The summed E-state index contributed by atoms with van der Waals surface area (Å²) in [6.45, 7) is 7.41. The minimum atomic E-state index is 0.366. The van der Waals surface area contributed by atoms with Crippen LogP contribution in [0.4, 0.5) is 0 Å². The van der Waals surface area contributed by atoms with Gasteiger partial charge < -0.3 is 5.73 Å². The van der Waals surface area contributed by atoms with Gasteiger partial charge in [0.15, 0.2) is 0 Å². The molecule has 1 fully saturated rings. The molecule has 1 atom stereocenters. The van der Waals surface area contributed by atoms with E-state index in [-0.39, 0.29) is 0 Å². The van der Waals surface area contributed by atoms with Crippen LogP contribution in [0.15, 0.2) is 12.4 Å². The largest absolute Gasteiger partial charge is 0.326 e. The molecular formula is C11H20N4. The van der Waals surface area contributed by atoms with Crippen molar-refractivity contribution >= 4 is 0 Å². The molecule has 0 spiro atoms. The molecule has 0 unspecified atom stereocenters. The van der Waals surface area contributed by atoms with Gasteiger partial charge in [-0.15, -0.1) is 0 Å². The molecule has 1 aliphatic rings. The van der Waals surface area contributed by atoms with Crippen LogP contribution in [0, 0.1) is 0 Å². The molecular weight excluding hydrogens is 188 g/mol. The van der Waals surface area contributed by atoms with Gasteiger partial charge in [-0.2, -0.15) is 5.10 Å². The average molecular weight is 208 g/mol. The van der Waals surface area contributed by atoms with E-state index in [2.05, 4.69) is 30.0 Å². The van der Waals surface area contributed by atoms with Crippen molar-refractivity contribution in [1.82, 2.24) is 14.7 Å². The van der Waals surface area contributed by atoms with E-state index in [1.165, 1.54) is 5.56 Å². The molecule has 4 heteroatoms. The second kappa shape index (κ2) is 4.33. The molecule has 2 rings (SSSR count). The molecule has 1 aliphatic heterocycles. The highest BCUT2D eigenvalue weighted by Gasteiger charge is 2.19. The molecule has 0 saturated carbocycles. The first-order valence-corrected chi connectivity index (χ1v) is 5.66. The van der Waals surface area contributed by atoms with Crippen molar-refractivity contribution in [3.8, 4) is 0 Å². The highest BCUT2D eigenvalue weighted by molar-refractivity contribution is 5.04. The van der Waals surface area contributed by atoms with E-state index in [1.54, 1.807) is 0 Å². The maximum Gasteiger partial charge on any atom is 0.0534 e. The zero-order valence-electron chi connectivity index (χ0n) is 9.56. The molecule has 0 amide bonds. The molecule has 15 heavy (non-hydrogen) atoms. The van der Waals surface area contributed by atoms with Crippen LogP contribution >= 0.6 is 0 Å². The lowest BCUT2D eigenvalue weighted by atomic mass is 10.3. The van der Waals surface area contributed by atoms with Crippen molar-refractivity contribution in [2.75, 3.05) is 13.1 Å². The summed E-state index contributed by atoms with van der Waals surface area (Å²) in [6.07, 6.45) is 5.22. The van der Waals surface area contributed by atoms with Gasteiger partial charge in [0.05, 0.1) is 6.20 Å². The van der Waals surface area contributed by atoms with Crippen LogP contribution in [0.5, 0.6) is 0 Å². The molecule has 0 radical (unpaired) electrons. The highest BCUT2D eigenvalue weighted by Crippen LogP contribution is 2.12. The average Bonchev–Trinajstić information content (AvgIpc) is 2.76. The lowest BCUT2D eigenvalue weighted by Gasteiger charge is -2.13. The minimum Gasteiger partial charge on any atom is -0.326 e. The predicted molar refractivity (Wildman–Crippen MR) is 60.5 cm³/mol. The third kappa shape index (κ3) is 2.58. The normalized spacial score (nSPS) is 22.8. The summed E-state index contributed by atoms with van der Waals surface area (Å²) in [7, 11) is 0. The molecule has 2 N–H and O–H groups in total. The molecule has 1 saturated heterocycles. The summed E-state index contributed by atoms with van der Waals surface area (Å²) in [5.74, 6) is 0. The van der Waals surface area contributed by atoms with Crippen LogP contribution in [-0.2, 0) is 6.54 Å². The molecule has 4 nitrogen and oxygen atoms in total. The number of nitrogens with zero attached hydrogens (tertiary/aromatic N) is 3. The molecule has 1 aromatic rings. The van der Waals surface area contributed by atoms with Crippen molar-refractivity contribution in [3.05, 3.63) is 18.0 Å². The van der Waals surface area contributed by atoms with Gasteiger partial charge in [-0.05, 0) is 20.3 Å². The minimum absolute atomic E-state index is 0.366. The van der Waals surface area contributed by atoms with E-state index in [0.29, 0.717) is 12.1 Å². The Morgan fingerprint density at radius 3 is 2.93 bits per heavy atom. The summed E-state index contributed by atoms with van der Waals surface area (Å²) < 4.78 is 2.01. The van der Waals surface area contributed by atoms with E-state index < -0.39 is 0 Å². The van der Waals surface area contributed by atoms with Crippen molar-refractivity contribution in [2.24, 2.45) is 5.73 Å². The summed E-state index contributed by atoms with van der Waals surface area (Å²) in [6, 6.07) is 0.810. The topological polar surface area (TPSA) is 47.1 Å². The number of rotatable bonds is 3. The summed E-state index contributed by atoms with van der Waals surface area (Å²) in [4.78, 5) is 2.40. The Morgan fingerprint density at radius 1 is 1.60 bits per heavy atom.